The highest BCUT2D eigenvalue weighted by molar-refractivity contribution is 7.95. The Bertz CT molecular complexity index is 1010. The standard InChI is InChI=1S/C19H22N2O4S2/c22-26(23,15-12-17-8-3-1-4-9-17)20-18-10-7-11-19(16-18)27(24,25)21-13-5-2-6-14-21/h1,3-4,7-12,15-16,20H,2,5-6,13-14H2. The van der Waals surface area contributed by atoms with Gasteiger partial charge in [0, 0.05) is 13.1 Å². The van der Waals surface area contributed by atoms with E-state index in [1.54, 1.807) is 12.1 Å². The van der Waals surface area contributed by atoms with Crippen LogP contribution < -0.4 is 4.72 Å². The highest BCUT2D eigenvalue weighted by atomic mass is 32.2. The summed E-state index contributed by atoms with van der Waals surface area (Å²) in [6.45, 7) is 0.996. The summed E-state index contributed by atoms with van der Waals surface area (Å²) in [5.41, 5.74) is 0.968. The molecule has 0 radical (unpaired) electrons. The van der Waals surface area contributed by atoms with E-state index in [2.05, 4.69) is 4.72 Å². The fourth-order valence-corrected chi connectivity index (χ4v) is 5.33. The van der Waals surface area contributed by atoms with Crippen molar-refractivity contribution in [2.24, 2.45) is 0 Å². The van der Waals surface area contributed by atoms with E-state index in [4.69, 9.17) is 0 Å². The Morgan fingerprint density at radius 3 is 2.26 bits per heavy atom. The quantitative estimate of drug-likeness (QED) is 0.798. The lowest BCUT2D eigenvalue weighted by molar-refractivity contribution is 0.346. The summed E-state index contributed by atoms with van der Waals surface area (Å²) in [4.78, 5) is 0.0941. The van der Waals surface area contributed by atoms with Crippen LogP contribution in [0.25, 0.3) is 6.08 Å². The van der Waals surface area contributed by atoms with Crippen LogP contribution in [0, 0.1) is 0 Å². The number of piperidine rings is 1. The second kappa shape index (κ2) is 8.24. The highest BCUT2D eigenvalue weighted by Crippen LogP contribution is 2.23. The first-order valence-corrected chi connectivity index (χ1v) is 11.7. The smallest absolute Gasteiger partial charge is 0.255 e. The van der Waals surface area contributed by atoms with Crippen molar-refractivity contribution < 1.29 is 16.8 Å². The van der Waals surface area contributed by atoms with E-state index in [0.29, 0.717) is 13.1 Å². The maximum atomic E-state index is 12.8. The molecule has 1 aliphatic heterocycles. The minimum Gasteiger partial charge on any atom is -0.280 e. The average Bonchev–Trinajstić information content (AvgIpc) is 2.68. The number of benzene rings is 2. The van der Waals surface area contributed by atoms with E-state index < -0.39 is 20.0 Å². The molecule has 6 nitrogen and oxygen atoms in total. The molecular formula is C19H22N2O4S2. The predicted molar refractivity (Wildman–Crippen MR) is 107 cm³/mol. The second-order valence-corrected chi connectivity index (χ2v) is 9.86. The average molecular weight is 407 g/mol. The van der Waals surface area contributed by atoms with Gasteiger partial charge in [-0.2, -0.15) is 4.31 Å². The van der Waals surface area contributed by atoms with Crippen molar-refractivity contribution in [2.75, 3.05) is 17.8 Å². The van der Waals surface area contributed by atoms with Crippen LogP contribution in [0.2, 0.25) is 0 Å². The normalized spacial score (nSPS) is 16.4. The molecular weight excluding hydrogens is 384 g/mol. The lowest BCUT2D eigenvalue weighted by atomic mass is 10.2. The number of nitrogens with zero attached hydrogens (tertiary/aromatic N) is 1. The number of nitrogens with one attached hydrogen (secondary N) is 1. The van der Waals surface area contributed by atoms with Crippen molar-refractivity contribution in [3.63, 3.8) is 0 Å². The predicted octanol–water partition coefficient (Wildman–Crippen LogP) is 3.27. The van der Waals surface area contributed by atoms with Crippen molar-refractivity contribution in [3.05, 3.63) is 65.6 Å². The van der Waals surface area contributed by atoms with Gasteiger partial charge in [0.1, 0.15) is 0 Å². The topological polar surface area (TPSA) is 83.5 Å². The number of sulfonamides is 2. The Hall–Kier alpha value is -2.16. The van der Waals surface area contributed by atoms with Crippen molar-refractivity contribution in [3.8, 4) is 0 Å². The second-order valence-electron chi connectivity index (χ2n) is 6.35. The Labute approximate surface area is 160 Å². The van der Waals surface area contributed by atoms with Gasteiger partial charge >= 0.3 is 0 Å². The van der Waals surface area contributed by atoms with Crippen LogP contribution in [0.5, 0.6) is 0 Å². The van der Waals surface area contributed by atoms with Crippen LogP contribution in [-0.2, 0) is 20.0 Å². The molecule has 8 heteroatoms. The van der Waals surface area contributed by atoms with Gasteiger partial charge in [-0.15, -0.1) is 0 Å². The van der Waals surface area contributed by atoms with Crippen molar-refractivity contribution in [1.82, 2.24) is 4.31 Å². The summed E-state index contributed by atoms with van der Waals surface area (Å²) < 4.78 is 53.9. The highest BCUT2D eigenvalue weighted by Gasteiger charge is 2.26. The van der Waals surface area contributed by atoms with Gasteiger partial charge in [-0.05, 0) is 42.7 Å². The van der Waals surface area contributed by atoms with Crippen LogP contribution in [0.3, 0.4) is 0 Å². The molecule has 1 heterocycles. The molecule has 27 heavy (non-hydrogen) atoms. The minimum absolute atomic E-state index is 0.0941. The summed E-state index contributed by atoms with van der Waals surface area (Å²) >= 11 is 0. The van der Waals surface area contributed by atoms with Crippen molar-refractivity contribution in [2.45, 2.75) is 24.2 Å². The Morgan fingerprint density at radius 1 is 0.852 bits per heavy atom. The zero-order valence-corrected chi connectivity index (χ0v) is 16.4. The molecule has 1 aliphatic rings. The molecule has 0 bridgehead atoms. The maximum Gasteiger partial charge on any atom is 0.255 e. The molecule has 0 aromatic heterocycles. The first-order valence-electron chi connectivity index (χ1n) is 8.73. The van der Waals surface area contributed by atoms with Crippen LogP contribution in [0.4, 0.5) is 5.69 Å². The van der Waals surface area contributed by atoms with Gasteiger partial charge in [0.05, 0.1) is 16.0 Å². The van der Waals surface area contributed by atoms with Gasteiger partial charge in [-0.3, -0.25) is 4.72 Å². The Balaban J connectivity index is 1.78. The van der Waals surface area contributed by atoms with E-state index in [1.807, 2.05) is 18.2 Å². The molecule has 2 aromatic rings. The van der Waals surface area contributed by atoms with E-state index in [-0.39, 0.29) is 10.6 Å². The third kappa shape index (κ3) is 5.18. The number of hydrogen-bond donors (Lipinski definition) is 1. The summed E-state index contributed by atoms with van der Waals surface area (Å²) in [6, 6.07) is 15.0. The molecule has 0 amide bonds. The van der Waals surface area contributed by atoms with Crippen LogP contribution in [0.1, 0.15) is 24.8 Å². The fourth-order valence-electron chi connectivity index (χ4n) is 2.90. The lowest BCUT2D eigenvalue weighted by Gasteiger charge is -2.26. The number of rotatable bonds is 6. The van der Waals surface area contributed by atoms with Crippen molar-refractivity contribution >= 4 is 31.8 Å². The molecule has 1 N–H and O–H groups in total. The van der Waals surface area contributed by atoms with Gasteiger partial charge < -0.3 is 0 Å². The van der Waals surface area contributed by atoms with E-state index in [0.717, 1.165) is 30.2 Å². The van der Waals surface area contributed by atoms with Crippen LogP contribution in [-0.4, -0.2) is 34.2 Å². The molecule has 1 saturated heterocycles. The molecule has 0 atom stereocenters. The van der Waals surface area contributed by atoms with Gasteiger partial charge in [-0.1, -0.05) is 42.8 Å². The third-order valence-corrected chi connectivity index (χ3v) is 7.20. The first-order chi connectivity index (χ1) is 12.9. The van der Waals surface area contributed by atoms with E-state index in [9.17, 15) is 16.8 Å². The fraction of sp³-hybridized carbons (Fsp3) is 0.263. The summed E-state index contributed by atoms with van der Waals surface area (Å²) in [6.07, 6.45) is 4.20. The van der Waals surface area contributed by atoms with E-state index in [1.165, 1.54) is 34.6 Å². The van der Waals surface area contributed by atoms with Crippen molar-refractivity contribution in [1.29, 1.82) is 0 Å². The minimum atomic E-state index is -3.76. The van der Waals surface area contributed by atoms with Gasteiger partial charge in [0.15, 0.2) is 0 Å². The summed E-state index contributed by atoms with van der Waals surface area (Å²) in [5, 5.41) is 1.06. The SMILES string of the molecule is O=S(=O)(C=Cc1ccccc1)Nc1cccc(S(=O)(=O)N2CCCCC2)c1. The third-order valence-electron chi connectivity index (χ3n) is 4.29. The van der Waals surface area contributed by atoms with Gasteiger partial charge in [0.2, 0.25) is 10.0 Å². The molecule has 0 unspecified atom stereocenters. The van der Waals surface area contributed by atoms with Crippen LogP contribution >= 0.6 is 0 Å². The van der Waals surface area contributed by atoms with Gasteiger partial charge in [0.25, 0.3) is 10.0 Å². The molecule has 3 rings (SSSR count). The van der Waals surface area contributed by atoms with Gasteiger partial charge in [-0.25, -0.2) is 16.8 Å². The summed E-state index contributed by atoms with van der Waals surface area (Å²) in [5.74, 6) is 0. The largest absolute Gasteiger partial charge is 0.280 e. The lowest BCUT2D eigenvalue weighted by Crippen LogP contribution is -2.35. The first kappa shape index (κ1) is 19.6. The Kier molecular flexibility index (Phi) is 5.98. The molecule has 144 valence electrons. The monoisotopic (exact) mass is 406 g/mol. The maximum absolute atomic E-state index is 12.8. The molecule has 2 aromatic carbocycles. The zero-order chi connectivity index (χ0) is 19.3. The zero-order valence-electron chi connectivity index (χ0n) is 14.8. The molecule has 0 aliphatic carbocycles. The Morgan fingerprint density at radius 2 is 1.56 bits per heavy atom. The van der Waals surface area contributed by atoms with E-state index >= 15 is 0 Å². The molecule has 1 fully saturated rings. The summed E-state index contributed by atoms with van der Waals surface area (Å²) in [7, 11) is -7.37. The number of hydrogen-bond acceptors (Lipinski definition) is 4. The molecule has 0 saturated carbocycles. The number of anilines is 1. The van der Waals surface area contributed by atoms with Crippen LogP contribution in [0.15, 0.2) is 64.9 Å². The molecule has 0 spiro atoms.